The van der Waals surface area contributed by atoms with Gasteiger partial charge in [0.15, 0.2) is 0 Å². The Morgan fingerprint density at radius 1 is 1.24 bits per heavy atom. The van der Waals surface area contributed by atoms with E-state index in [1.807, 2.05) is 24.3 Å². The van der Waals surface area contributed by atoms with Crippen molar-refractivity contribution in [2.75, 3.05) is 0 Å². The maximum Gasteiger partial charge on any atom is 0.332 e. The van der Waals surface area contributed by atoms with Crippen molar-refractivity contribution >= 4 is 5.78 Å². The van der Waals surface area contributed by atoms with Crippen LogP contribution in [0.1, 0.15) is 12.5 Å². The molecule has 0 aliphatic heterocycles. The molecule has 0 spiro atoms. The molecule has 17 heavy (non-hydrogen) atoms. The molecule has 1 aromatic heterocycles. The molecule has 2 aromatic rings. The first-order valence-electron chi connectivity index (χ1n) is 5.41. The molecule has 0 saturated carbocycles. The van der Waals surface area contributed by atoms with Crippen LogP contribution >= 0.6 is 0 Å². The number of aryl methyl sites for hydroxylation is 1. The average Bonchev–Trinajstić information content (AvgIpc) is 2.60. The molecular weight excluding hydrogens is 216 g/mol. The van der Waals surface area contributed by atoms with Gasteiger partial charge in [-0.1, -0.05) is 18.2 Å². The van der Waals surface area contributed by atoms with Gasteiger partial charge >= 0.3 is 5.69 Å². The standard InChI is InChI=1S/C13H14N2O2/c1-10(16)9-11-5-3-4-6-12(11)15-8-7-14(2)13(15)17/h3-8H,9H2,1-2H3. The second-order valence-electron chi connectivity index (χ2n) is 4.07. The van der Waals surface area contributed by atoms with E-state index in [4.69, 9.17) is 0 Å². The first-order valence-corrected chi connectivity index (χ1v) is 5.41. The van der Waals surface area contributed by atoms with Crippen LogP contribution in [0.25, 0.3) is 5.69 Å². The van der Waals surface area contributed by atoms with Gasteiger partial charge in [0.25, 0.3) is 0 Å². The number of ketones is 1. The van der Waals surface area contributed by atoms with Gasteiger partial charge < -0.3 is 4.57 Å². The third-order valence-corrected chi connectivity index (χ3v) is 2.64. The van der Waals surface area contributed by atoms with E-state index in [-0.39, 0.29) is 11.5 Å². The molecule has 0 saturated heterocycles. The van der Waals surface area contributed by atoms with Gasteiger partial charge in [-0.25, -0.2) is 4.79 Å². The summed E-state index contributed by atoms with van der Waals surface area (Å²) >= 11 is 0. The number of carbonyl (C=O) groups excluding carboxylic acids is 1. The number of Topliss-reactive ketones (excluding diaryl/α,β-unsaturated/α-hetero) is 1. The fourth-order valence-corrected chi connectivity index (χ4v) is 1.81. The van der Waals surface area contributed by atoms with E-state index in [0.29, 0.717) is 6.42 Å². The zero-order chi connectivity index (χ0) is 12.4. The molecule has 2 rings (SSSR count). The Hall–Kier alpha value is -2.10. The largest absolute Gasteiger partial charge is 0.332 e. The predicted molar refractivity (Wildman–Crippen MR) is 65.4 cm³/mol. The highest BCUT2D eigenvalue weighted by atomic mass is 16.1. The minimum atomic E-state index is -0.110. The number of hydrogen-bond acceptors (Lipinski definition) is 2. The van der Waals surface area contributed by atoms with E-state index in [1.54, 1.807) is 30.9 Å². The summed E-state index contributed by atoms with van der Waals surface area (Å²) in [7, 11) is 1.70. The molecule has 0 radical (unpaired) electrons. The molecule has 4 heteroatoms. The zero-order valence-electron chi connectivity index (χ0n) is 9.88. The Morgan fingerprint density at radius 2 is 1.94 bits per heavy atom. The number of para-hydroxylation sites is 1. The second-order valence-corrected chi connectivity index (χ2v) is 4.07. The number of nitrogens with zero attached hydrogens (tertiary/aromatic N) is 2. The lowest BCUT2D eigenvalue weighted by molar-refractivity contribution is -0.116. The number of imidazole rings is 1. The molecule has 0 aliphatic rings. The van der Waals surface area contributed by atoms with Crippen molar-refractivity contribution in [3.8, 4) is 5.69 Å². The van der Waals surface area contributed by atoms with Crippen molar-refractivity contribution < 1.29 is 4.79 Å². The van der Waals surface area contributed by atoms with Gasteiger partial charge in [-0.15, -0.1) is 0 Å². The van der Waals surface area contributed by atoms with E-state index < -0.39 is 0 Å². The number of benzene rings is 1. The van der Waals surface area contributed by atoms with E-state index in [9.17, 15) is 9.59 Å². The third-order valence-electron chi connectivity index (χ3n) is 2.64. The van der Waals surface area contributed by atoms with Gasteiger partial charge in [0, 0.05) is 25.9 Å². The maximum absolute atomic E-state index is 11.8. The summed E-state index contributed by atoms with van der Waals surface area (Å²) in [4.78, 5) is 23.0. The average molecular weight is 230 g/mol. The third kappa shape index (κ3) is 2.20. The highest BCUT2D eigenvalue weighted by Gasteiger charge is 2.08. The lowest BCUT2D eigenvalue weighted by Gasteiger charge is -2.07. The summed E-state index contributed by atoms with van der Waals surface area (Å²) < 4.78 is 3.06. The lowest BCUT2D eigenvalue weighted by Crippen LogP contribution is -2.21. The lowest BCUT2D eigenvalue weighted by atomic mass is 10.1. The van der Waals surface area contributed by atoms with E-state index in [1.165, 1.54) is 4.57 Å². The molecule has 0 N–H and O–H groups in total. The molecule has 1 aromatic carbocycles. The van der Waals surface area contributed by atoms with Crippen molar-refractivity contribution in [1.82, 2.24) is 9.13 Å². The fraction of sp³-hybridized carbons (Fsp3) is 0.231. The molecule has 0 atom stereocenters. The molecule has 4 nitrogen and oxygen atoms in total. The topological polar surface area (TPSA) is 44.0 Å². The number of rotatable bonds is 3. The van der Waals surface area contributed by atoms with Crippen LogP contribution < -0.4 is 5.69 Å². The van der Waals surface area contributed by atoms with E-state index in [0.717, 1.165) is 11.3 Å². The smallest absolute Gasteiger partial charge is 0.302 e. The minimum Gasteiger partial charge on any atom is -0.302 e. The van der Waals surface area contributed by atoms with Gasteiger partial charge in [0.1, 0.15) is 5.78 Å². The highest BCUT2D eigenvalue weighted by molar-refractivity contribution is 5.79. The molecule has 0 amide bonds. The van der Waals surface area contributed by atoms with Gasteiger partial charge in [0.05, 0.1) is 5.69 Å². The molecule has 0 aliphatic carbocycles. The predicted octanol–water partition coefficient (Wildman–Crippen LogP) is 1.31. The van der Waals surface area contributed by atoms with Gasteiger partial charge in [-0.2, -0.15) is 0 Å². The van der Waals surface area contributed by atoms with Crippen LogP contribution in [0.2, 0.25) is 0 Å². The van der Waals surface area contributed by atoms with Crippen molar-refractivity contribution in [2.45, 2.75) is 13.3 Å². The molecule has 0 unspecified atom stereocenters. The SMILES string of the molecule is CC(=O)Cc1ccccc1-n1ccn(C)c1=O. The highest BCUT2D eigenvalue weighted by Crippen LogP contribution is 2.13. The van der Waals surface area contributed by atoms with Crippen LogP contribution in [-0.4, -0.2) is 14.9 Å². The summed E-state index contributed by atoms with van der Waals surface area (Å²) in [6.45, 7) is 1.55. The number of carbonyl (C=O) groups is 1. The van der Waals surface area contributed by atoms with E-state index in [2.05, 4.69) is 0 Å². The summed E-state index contributed by atoms with van der Waals surface area (Å²) in [6.07, 6.45) is 3.76. The van der Waals surface area contributed by atoms with Crippen molar-refractivity contribution in [2.24, 2.45) is 7.05 Å². The molecular formula is C13H14N2O2. The van der Waals surface area contributed by atoms with Gasteiger partial charge in [0.2, 0.25) is 0 Å². The monoisotopic (exact) mass is 230 g/mol. The van der Waals surface area contributed by atoms with Crippen LogP contribution in [-0.2, 0) is 18.3 Å². The van der Waals surface area contributed by atoms with Crippen molar-refractivity contribution in [1.29, 1.82) is 0 Å². The van der Waals surface area contributed by atoms with Gasteiger partial charge in [-0.3, -0.25) is 9.36 Å². The van der Waals surface area contributed by atoms with Crippen molar-refractivity contribution in [3.05, 3.63) is 52.7 Å². The van der Waals surface area contributed by atoms with E-state index >= 15 is 0 Å². The Morgan fingerprint density at radius 3 is 2.53 bits per heavy atom. The van der Waals surface area contributed by atoms with Crippen LogP contribution in [0.5, 0.6) is 0 Å². The Bertz CT molecular complexity index is 608. The zero-order valence-corrected chi connectivity index (χ0v) is 9.88. The Balaban J connectivity index is 2.55. The number of aromatic nitrogens is 2. The second kappa shape index (κ2) is 4.41. The summed E-state index contributed by atoms with van der Waals surface area (Å²) in [5.41, 5.74) is 1.53. The summed E-state index contributed by atoms with van der Waals surface area (Å²) in [5, 5.41) is 0. The van der Waals surface area contributed by atoms with Crippen LogP contribution in [0, 0.1) is 0 Å². The quantitative estimate of drug-likeness (QED) is 0.798. The summed E-state index contributed by atoms with van der Waals surface area (Å²) in [6, 6.07) is 7.45. The van der Waals surface area contributed by atoms with Gasteiger partial charge in [-0.05, 0) is 18.6 Å². The Labute approximate surface area is 99.1 Å². The molecule has 88 valence electrons. The minimum absolute atomic E-state index is 0.0847. The number of hydrogen-bond donors (Lipinski definition) is 0. The maximum atomic E-state index is 11.8. The summed E-state index contributed by atoms with van der Waals surface area (Å²) in [5.74, 6) is 0.0847. The van der Waals surface area contributed by atoms with Crippen LogP contribution in [0.4, 0.5) is 0 Å². The van der Waals surface area contributed by atoms with Crippen LogP contribution in [0.3, 0.4) is 0 Å². The normalized spacial score (nSPS) is 10.5. The fourth-order valence-electron chi connectivity index (χ4n) is 1.81. The first-order chi connectivity index (χ1) is 8.09. The van der Waals surface area contributed by atoms with Crippen LogP contribution in [0.15, 0.2) is 41.5 Å². The van der Waals surface area contributed by atoms with Crippen molar-refractivity contribution in [3.63, 3.8) is 0 Å². The molecule has 0 bridgehead atoms. The molecule has 0 fully saturated rings. The first kappa shape index (κ1) is 11.4. The molecule has 1 heterocycles. The Kier molecular flexibility index (Phi) is 2.95.